The fourth-order valence-corrected chi connectivity index (χ4v) is 1.40. The van der Waals surface area contributed by atoms with Crippen molar-refractivity contribution in [2.24, 2.45) is 0 Å². The molecule has 0 aromatic heterocycles. The summed E-state index contributed by atoms with van der Waals surface area (Å²) in [7, 11) is 1.54. The van der Waals surface area contributed by atoms with Gasteiger partial charge in [0.25, 0.3) is 0 Å². The third-order valence-electron chi connectivity index (χ3n) is 2.18. The van der Waals surface area contributed by atoms with Crippen LogP contribution in [0.1, 0.15) is 31.9 Å². The molecule has 4 nitrogen and oxygen atoms in total. The molecular weight excluding hydrogens is 242 g/mol. The summed E-state index contributed by atoms with van der Waals surface area (Å²) in [6, 6.07) is 7.10. The van der Waals surface area contributed by atoms with Gasteiger partial charge in [0.2, 0.25) is 0 Å². The van der Waals surface area contributed by atoms with Gasteiger partial charge in [-0.2, -0.15) is 5.26 Å². The number of esters is 1. The molecule has 1 rings (SSSR count). The van der Waals surface area contributed by atoms with Crippen LogP contribution in [0.25, 0.3) is 6.08 Å². The lowest BCUT2D eigenvalue weighted by Crippen LogP contribution is -2.22. The Morgan fingerprint density at radius 3 is 2.58 bits per heavy atom. The summed E-state index contributed by atoms with van der Waals surface area (Å²) in [5.74, 6) is 0.182. The van der Waals surface area contributed by atoms with Crippen molar-refractivity contribution in [1.82, 2.24) is 0 Å². The SMILES string of the molecule is COc1ccc(C#N)c(/C=C/C(=O)OC(C)(C)C)c1. The third-order valence-corrected chi connectivity index (χ3v) is 2.18. The van der Waals surface area contributed by atoms with Crippen molar-refractivity contribution in [2.45, 2.75) is 26.4 Å². The number of hydrogen-bond donors (Lipinski definition) is 0. The average Bonchev–Trinajstić information content (AvgIpc) is 2.33. The molecule has 0 spiro atoms. The fraction of sp³-hybridized carbons (Fsp3) is 0.333. The molecule has 0 atom stereocenters. The van der Waals surface area contributed by atoms with Gasteiger partial charge >= 0.3 is 5.97 Å². The minimum Gasteiger partial charge on any atom is -0.497 e. The molecule has 0 aliphatic heterocycles. The van der Waals surface area contributed by atoms with Crippen LogP contribution >= 0.6 is 0 Å². The second-order valence-corrected chi connectivity index (χ2v) is 4.93. The number of ether oxygens (including phenoxy) is 2. The third kappa shape index (κ3) is 4.84. The summed E-state index contributed by atoms with van der Waals surface area (Å²) in [4.78, 5) is 11.6. The zero-order chi connectivity index (χ0) is 14.5. The largest absolute Gasteiger partial charge is 0.497 e. The number of methoxy groups -OCH3 is 1. The Hall–Kier alpha value is -2.28. The number of carbonyl (C=O) groups excluding carboxylic acids is 1. The van der Waals surface area contributed by atoms with E-state index in [-0.39, 0.29) is 0 Å². The Labute approximate surface area is 113 Å². The molecule has 0 amide bonds. The molecule has 0 aliphatic rings. The van der Waals surface area contributed by atoms with Crippen molar-refractivity contribution in [3.05, 3.63) is 35.4 Å². The highest BCUT2D eigenvalue weighted by Gasteiger charge is 2.14. The summed E-state index contributed by atoms with van der Waals surface area (Å²) >= 11 is 0. The van der Waals surface area contributed by atoms with Crippen LogP contribution in [0.3, 0.4) is 0 Å². The molecular formula is C15H17NO3. The highest BCUT2D eigenvalue weighted by Crippen LogP contribution is 2.18. The minimum atomic E-state index is -0.534. The summed E-state index contributed by atoms with van der Waals surface area (Å²) in [5.41, 5.74) is 0.557. The minimum absolute atomic E-state index is 0.445. The smallest absolute Gasteiger partial charge is 0.331 e. The number of nitrogens with zero attached hydrogens (tertiary/aromatic N) is 1. The van der Waals surface area contributed by atoms with Crippen LogP contribution in [-0.4, -0.2) is 18.7 Å². The van der Waals surface area contributed by atoms with Gasteiger partial charge in [0, 0.05) is 6.08 Å². The monoisotopic (exact) mass is 259 g/mol. The molecule has 4 heteroatoms. The highest BCUT2D eigenvalue weighted by molar-refractivity contribution is 5.87. The van der Waals surface area contributed by atoms with E-state index in [0.29, 0.717) is 16.9 Å². The van der Waals surface area contributed by atoms with E-state index in [1.165, 1.54) is 6.08 Å². The number of hydrogen-bond acceptors (Lipinski definition) is 4. The van der Waals surface area contributed by atoms with Crippen LogP contribution in [0.4, 0.5) is 0 Å². The molecule has 100 valence electrons. The Balaban J connectivity index is 2.92. The normalized spacial score (nSPS) is 11.1. The lowest BCUT2D eigenvalue weighted by Gasteiger charge is -2.17. The van der Waals surface area contributed by atoms with Crippen molar-refractivity contribution < 1.29 is 14.3 Å². The van der Waals surface area contributed by atoms with E-state index in [2.05, 4.69) is 6.07 Å². The van der Waals surface area contributed by atoms with Crippen molar-refractivity contribution in [1.29, 1.82) is 5.26 Å². The maximum absolute atomic E-state index is 11.6. The summed E-state index contributed by atoms with van der Waals surface area (Å²) in [6.07, 6.45) is 2.86. The van der Waals surface area contributed by atoms with Gasteiger partial charge in [-0.1, -0.05) is 0 Å². The lowest BCUT2D eigenvalue weighted by atomic mass is 10.1. The van der Waals surface area contributed by atoms with E-state index in [0.717, 1.165) is 0 Å². The summed E-state index contributed by atoms with van der Waals surface area (Å²) in [5, 5.41) is 8.99. The van der Waals surface area contributed by atoms with Crippen molar-refractivity contribution >= 4 is 12.0 Å². The number of benzene rings is 1. The number of carbonyl (C=O) groups is 1. The van der Waals surface area contributed by atoms with Gasteiger partial charge in [-0.15, -0.1) is 0 Å². The van der Waals surface area contributed by atoms with E-state index < -0.39 is 11.6 Å². The summed E-state index contributed by atoms with van der Waals surface area (Å²) < 4.78 is 10.2. The van der Waals surface area contributed by atoms with E-state index in [4.69, 9.17) is 14.7 Å². The van der Waals surface area contributed by atoms with Crippen LogP contribution in [0, 0.1) is 11.3 Å². The zero-order valence-corrected chi connectivity index (χ0v) is 11.6. The van der Waals surface area contributed by atoms with E-state index in [1.807, 2.05) is 0 Å². The molecule has 1 aromatic rings. The molecule has 0 bridgehead atoms. The molecule has 0 saturated heterocycles. The molecule has 0 unspecified atom stereocenters. The molecule has 0 radical (unpaired) electrons. The van der Waals surface area contributed by atoms with Crippen LogP contribution in [-0.2, 0) is 9.53 Å². The topological polar surface area (TPSA) is 59.3 Å². The average molecular weight is 259 g/mol. The van der Waals surface area contributed by atoms with E-state index in [9.17, 15) is 4.79 Å². The molecule has 0 saturated carbocycles. The van der Waals surface area contributed by atoms with Gasteiger partial charge < -0.3 is 9.47 Å². The maximum atomic E-state index is 11.6. The van der Waals surface area contributed by atoms with Crippen molar-refractivity contribution in [2.75, 3.05) is 7.11 Å². The van der Waals surface area contributed by atoms with Crippen LogP contribution in [0.5, 0.6) is 5.75 Å². The van der Waals surface area contributed by atoms with Crippen LogP contribution in [0.2, 0.25) is 0 Å². The molecule has 0 aliphatic carbocycles. The Morgan fingerprint density at radius 1 is 1.37 bits per heavy atom. The van der Waals surface area contributed by atoms with Gasteiger partial charge in [-0.3, -0.25) is 0 Å². The molecule has 1 aromatic carbocycles. The maximum Gasteiger partial charge on any atom is 0.331 e. The standard InChI is InChI=1S/C15H17NO3/c1-15(2,3)19-14(17)8-6-11-9-13(18-4)7-5-12(11)10-16/h5-9H,1-4H3/b8-6+. The number of nitriles is 1. The van der Waals surface area contributed by atoms with Crippen molar-refractivity contribution in [3.8, 4) is 11.8 Å². The Bertz CT molecular complexity index is 533. The predicted molar refractivity (Wildman–Crippen MR) is 72.6 cm³/mol. The highest BCUT2D eigenvalue weighted by atomic mass is 16.6. The van der Waals surface area contributed by atoms with Gasteiger partial charge in [0.05, 0.1) is 18.7 Å². The zero-order valence-electron chi connectivity index (χ0n) is 11.6. The molecule has 0 N–H and O–H groups in total. The van der Waals surface area contributed by atoms with Crippen LogP contribution in [0.15, 0.2) is 24.3 Å². The first-order chi connectivity index (χ1) is 8.85. The Morgan fingerprint density at radius 2 is 2.05 bits per heavy atom. The van der Waals surface area contributed by atoms with Gasteiger partial charge in [0.1, 0.15) is 11.4 Å². The first-order valence-corrected chi connectivity index (χ1v) is 5.85. The number of rotatable bonds is 3. The fourth-order valence-electron chi connectivity index (χ4n) is 1.40. The van der Waals surface area contributed by atoms with Gasteiger partial charge in [-0.25, -0.2) is 4.79 Å². The van der Waals surface area contributed by atoms with E-state index in [1.54, 1.807) is 52.2 Å². The molecule has 0 fully saturated rings. The second-order valence-electron chi connectivity index (χ2n) is 4.93. The van der Waals surface area contributed by atoms with Crippen molar-refractivity contribution in [3.63, 3.8) is 0 Å². The van der Waals surface area contributed by atoms with Gasteiger partial charge in [0.15, 0.2) is 0 Å². The predicted octanol–water partition coefficient (Wildman–Crippen LogP) is 2.92. The van der Waals surface area contributed by atoms with Gasteiger partial charge in [-0.05, 0) is 50.6 Å². The second kappa shape index (κ2) is 6.05. The molecule has 0 heterocycles. The summed E-state index contributed by atoms with van der Waals surface area (Å²) in [6.45, 7) is 5.39. The van der Waals surface area contributed by atoms with E-state index >= 15 is 0 Å². The first kappa shape index (κ1) is 14.8. The first-order valence-electron chi connectivity index (χ1n) is 5.85. The molecule has 19 heavy (non-hydrogen) atoms. The lowest BCUT2D eigenvalue weighted by molar-refractivity contribution is -0.148. The quantitative estimate of drug-likeness (QED) is 0.618. The Kier molecular flexibility index (Phi) is 4.71. The van der Waals surface area contributed by atoms with Crippen LogP contribution < -0.4 is 4.74 Å².